The van der Waals surface area contributed by atoms with Crippen LogP contribution in [-0.4, -0.2) is 55.7 Å². The third-order valence-corrected chi connectivity index (χ3v) is 6.47. The number of hydrogen-bond donors (Lipinski definition) is 0. The van der Waals surface area contributed by atoms with Gasteiger partial charge in [0.1, 0.15) is 12.1 Å². The van der Waals surface area contributed by atoms with E-state index in [0.29, 0.717) is 24.5 Å². The highest BCUT2D eigenvalue weighted by molar-refractivity contribution is 5.83. The molecule has 2 aromatic heterocycles. The largest absolute Gasteiger partial charge is 0.372 e. The Morgan fingerprint density at radius 1 is 1.12 bits per heavy atom. The lowest BCUT2D eigenvalue weighted by molar-refractivity contribution is -0.144. The van der Waals surface area contributed by atoms with Crippen LogP contribution in [0, 0.1) is 13.8 Å². The van der Waals surface area contributed by atoms with Crippen molar-refractivity contribution in [2.24, 2.45) is 0 Å². The quantitative estimate of drug-likeness (QED) is 0.629. The number of morpholine rings is 1. The third-order valence-electron chi connectivity index (χ3n) is 6.47. The van der Waals surface area contributed by atoms with Gasteiger partial charge >= 0.3 is 0 Å². The SMILES string of the molecule is Cc1ccc(-n2ncc3c(C4CC4)nn(CC(=O)N4CC(C)OC(C)C4)c(=O)c32)cc1C. The predicted octanol–water partition coefficient (Wildman–Crippen LogP) is 2.71. The van der Waals surface area contributed by atoms with Crippen molar-refractivity contribution in [1.82, 2.24) is 24.5 Å². The molecule has 3 aromatic rings. The molecule has 1 aromatic carbocycles. The van der Waals surface area contributed by atoms with Crippen molar-refractivity contribution < 1.29 is 9.53 Å². The maximum atomic E-state index is 13.5. The van der Waals surface area contributed by atoms with Crippen LogP contribution >= 0.6 is 0 Å². The summed E-state index contributed by atoms with van der Waals surface area (Å²) < 4.78 is 8.77. The van der Waals surface area contributed by atoms with Crippen molar-refractivity contribution in [1.29, 1.82) is 0 Å². The summed E-state index contributed by atoms with van der Waals surface area (Å²) >= 11 is 0. The van der Waals surface area contributed by atoms with Gasteiger partial charge in [-0.15, -0.1) is 0 Å². The Labute approximate surface area is 186 Å². The van der Waals surface area contributed by atoms with Gasteiger partial charge in [0, 0.05) is 24.4 Å². The molecule has 0 N–H and O–H groups in total. The average Bonchev–Trinajstić information content (AvgIpc) is 3.49. The molecule has 1 aliphatic heterocycles. The Morgan fingerprint density at radius 2 is 1.84 bits per heavy atom. The molecule has 0 bridgehead atoms. The second-order valence-corrected chi connectivity index (χ2v) is 9.27. The molecule has 168 valence electrons. The molecule has 8 nitrogen and oxygen atoms in total. The number of amides is 1. The molecule has 1 aliphatic carbocycles. The van der Waals surface area contributed by atoms with Gasteiger partial charge in [-0.2, -0.15) is 10.2 Å². The van der Waals surface area contributed by atoms with E-state index >= 15 is 0 Å². The Morgan fingerprint density at radius 3 is 2.50 bits per heavy atom. The monoisotopic (exact) mass is 435 g/mol. The van der Waals surface area contributed by atoms with Gasteiger partial charge in [0.2, 0.25) is 5.91 Å². The van der Waals surface area contributed by atoms with Crippen LogP contribution in [-0.2, 0) is 16.1 Å². The van der Waals surface area contributed by atoms with Gasteiger partial charge in [-0.1, -0.05) is 6.07 Å². The molecule has 5 rings (SSSR count). The highest BCUT2D eigenvalue weighted by Gasteiger charge is 2.31. The van der Waals surface area contributed by atoms with Crippen LogP contribution < -0.4 is 5.56 Å². The van der Waals surface area contributed by atoms with Crippen molar-refractivity contribution in [2.75, 3.05) is 13.1 Å². The number of aryl methyl sites for hydroxylation is 2. The van der Waals surface area contributed by atoms with E-state index in [1.54, 1.807) is 15.8 Å². The minimum atomic E-state index is -0.289. The minimum Gasteiger partial charge on any atom is -0.372 e. The Hall–Kier alpha value is -3.00. The second kappa shape index (κ2) is 7.85. The first kappa shape index (κ1) is 20.9. The van der Waals surface area contributed by atoms with E-state index in [2.05, 4.69) is 17.1 Å². The van der Waals surface area contributed by atoms with Crippen LogP contribution in [0.2, 0.25) is 0 Å². The summed E-state index contributed by atoms with van der Waals surface area (Å²) in [5, 5.41) is 9.98. The molecule has 1 saturated heterocycles. The molecule has 0 radical (unpaired) electrons. The van der Waals surface area contributed by atoms with Gasteiger partial charge in [0.25, 0.3) is 5.56 Å². The molecule has 32 heavy (non-hydrogen) atoms. The van der Waals surface area contributed by atoms with Crippen molar-refractivity contribution >= 4 is 16.8 Å². The Kier molecular flexibility index (Phi) is 5.12. The topological polar surface area (TPSA) is 82.2 Å². The second-order valence-electron chi connectivity index (χ2n) is 9.27. The Bertz CT molecular complexity index is 1250. The molecule has 2 aliphatic rings. The number of carbonyl (C=O) groups is 1. The van der Waals surface area contributed by atoms with Crippen LogP contribution in [0.3, 0.4) is 0 Å². The number of nitrogens with zero attached hydrogens (tertiary/aromatic N) is 5. The fourth-order valence-electron chi connectivity index (χ4n) is 4.52. The molecular weight excluding hydrogens is 406 g/mol. The summed E-state index contributed by atoms with van der Waals surface area (Å²) in [6.45, 7) is 8.99. The van der Waals surface area contributed by atoms with E-state index < -0.39 is 0 Å². The van der Waals surface area contributed by atoms with E-state index in [1.807, 2.05) is 39.0 Å². The first-order chi connectivity index (χ1) is 15.3. The number of carbonyl (C=O) groups excluding carboxylic acids is 1. The number of benzene rings is 1. The van der Waals surface area contributed by atoms with Crippen LogP contribution in [0.5, 0.6) is 0 Å². The number of hydrogen-bond acceptors (Lipinski definition) is 5. The van der Waals surface area contributed by atoms with Crippen LogP contribution in [0.1, 0.15) is 49.4 Å². The lowest BCUT2D eigenvalue weighted by Crippen LogP contribution is -2.49. The number of ether oxygens (including phenoxy) is 1. The van der Waals surface area contributed by atoms with E-state index in [0.717, 1.165) is 35.2 Å². The first-order valence-electron chi connectivity index (χ1n) is 11.3. The minimum absolute atomic E-state index is 0.0249. The fraction of sp³-hybridized carbons (Fsp3) is 0.500. The zero-order valence-electron chi connectivity index (χ0n) is 19.0. The van der Waals surface area contributed by atoms with Crippen molar-refractivity contribution in [3.05, 3.63) is 51.6 Å². The predicted molar refractivity (Wildman–Crippen MR) is 121 cm³/mol. The summed E-state index contributed by atoms with van der Waals surface area (Å²) in [6.07, 6.45) is 3.78. The van der Waals surface area contributed by atoms with Gasteiger partial charge in [0.15, 0.2) is 0 Å². The zero-order chi connectivity index (χ0) is 22.6. The van der Waals surface area contributed by atoms with Crippen LogP contribution in [0.4, 0.5) is 0 Å². The standard InChI is InChI=1S/C24H29N5O3/c1-14-5-8-19(9-15(14)2)29-23-20(10-25-29)22(18-6-7-18)26-28(24(23)31)13-21(30)27-11-16(3)32-17(4)12-27/h5,8-10,16-18H,6-7,11-13H2,1-4H3. The zero-order valence-corrected chi connectivity index (χ0v) is 19.0. The maximum Gasteiger partial charge on any atom is 0.293 e. The van der Waals surface area contributed by atoms with E-state index in [1.165, 1.54) is 10.2 Å². The van der Waals surface area contributed by atoms with Gasteiger partial charge in [-0.25, -0.2) is 9.36 Å². The fourth-order valence-corrected chi connectivity index (χ4v) is 4.52. The molecule has 2 unspecified atom stereocenters. The summed E-state index contributed by atoms with van der Waals surface area (Å²) in [5.74, 6) is 0.209. The maximum absolute atomic E-state index is 13.5. The summed E-state index contributed by atoms with van der Waals surface area (Å²) in [7, 11) is 0. The van der Waals surface area contributed by atoms with Gasteiger partial charge in [0.05, 0.1) is 29.8 Å². The van der Waals surface area contributed by atoms with Crippen LogP contribution in [0.25, 0.3) is 16.6 Å². The normalized spacial score (nSPS) is 21.3. The lowest BCUT2D eigenvalue weighted by atomic mass is 10.1. The molecule has 0 spiro atoms. The van der Waals surface area contributed by atoms with Gasteiger partial charge in [-0.05, 0) is 63.8 Å². The molecule has 3 heterocycles. The Balaban J connectivity index is 1.57. The number of fused-ring (bicyclic) bond motifs is 1. The van der Waals surface area contributed by atoms with Crippen molar-refractivity contribution in [3.8, 4) is 5.69 Å². The van der Waals surface area contributed by atoms with Gasteiger partial charge in [-0.3, -0.25) is 9.59 Å². The summed E-state index contributed by atoms with van der Waals surface area (Å²) in [5.41, 5.74) is 4.22. The summed E-state index contributed by atoms with van der Waals surface area (Å²) in [6, 6.07) is 6.03. The molecule has 2 fully saturated rings. The van der Waals surface area contributed by atoms with E-state index in [4.69, 9.17) is 4.74 Å². The molecule has 1 saturated carbocycles. The molecule has 8 heteroatoms. The highest BCUT2D eigenvalue weighted by atomic mass is 16.5. The smallest absolute Gasteiger partial charge is 0.293 e. The van der Waals surface area contributed by atoms with E-state index in [9.17, 15) is 9.59 Å². The third kappa shape index (κ3) is 3.72. The molecule has 1 amide bonds. The average molecular weight is 436 g/mol. The highest BCUT2D eigenvalue weighted by Crippen LogP contribution is 2.41. The summed E-state index contributed by atoms with van der Waals surface area (Å²) in [4.78, 5) is 28.4. The molecule has 2 atom stereocenters. The van der Waals surface area contributed by atoms with Crippen molar-refractivity contribution in [2.45, 2.75) is 65.2 Å². The number of rotatable bonds is 4. The number of aromatic nitrogens is 4. The van der Waals surface area contributed by atoms with E-state index in [-0.39, 0.29) is 30.2 Å². The van der Waals surface area contributed by atoms with Crippen LogP contribution in [0.15, 0.2) is 29.2 Å². The van der Waals surface area contributed by atoms with Crippen molar-refractivity contribution in [3.63, 3.8) is 0 Å². The lowest BCUT2D eigenvalue weighted by Gasteiger charge is -2.35. The molecular formula is C24H29N5O3. The first-order valence-corrected chi connectivity index (χ1v) is 11.3. The van der Waals surface area contributed by atoms with Gasteiger partial charge < -0.3 is 9.64 Å².